The maximum atomic E-state index is 12.3. The number of carbonyl (C=O) groups is 1. The first kappa shape index (κ1) is 14.9. The second kappa shape index (κ2) is 6.27. The van der Waals surface area contributed by atoms with E-state index in [0.717, 1.165) is 5.56 Å². The fraction of sp³-hybridized carbons (Fsp3) is 0.0667. The lowest BCUT2D eigenvalue weighted by Crippen LogP contribution is -2.17. The van der Waals surface area contributed by atoms with Gasteiger partial charge in [-0.15, -0.1) is 0 Å². The molecule has 0 bridgehead atoms. The van der Waals surface area contributed by atoms with Crippen LogP contribution in [0.2, 0.25) is 5.02 Å². The summed E-state index contributed by atoms with van der Waals surface area (Å²) in [6, 6.07) is 11.9. The summed E-state index contributed by atoms with van der Waals surface area (Å²) in [4.78, 5) is 12.3. The van der Waals surface area contributed by atoms with E-state index in [4.69, 9.17) is 22.7 Å². The Morgan fingerprint density at radius 3 is 2.67 bits per heavy atom. The van der Waals surface area contributed by atoms with Gasteiger partial charge in [0.25, 0.3) is 5.91 Å². The third kappa shape index (κ3) is 3.31. The van der Waals surface area contributed by atoms with Gasteiger partial charge in [0.1, 0.15) is 0 Å². The number of nitrogens with two attached hydrogens (primary N) is 1. The van der Waals surface area contributed by atoms with E-state index in [1.807, 2.05) is 13.0 Å². The Bertz CT molecular complexity index is 737. The van der Waals surface area contributed by atoms with Crippen molar-refractivity contribution in [3.05, 3.63) is 58.1 Å². The molecule has 6 heteroatoms. The molecule has 2 rings (SSSR count). The summed E-state index contributed by atoms with van der Waals surface area (Å²) in [6.45, 7) is 1.84. The minimum absolute atomic E-state index is 0.326. The average molecular weight is 301 g/mol. The number of nitrogen functional groups attached to an aromatic ring is 1. The van der Waals surface area contributed by atoms with E-state index < -0.39 is 0 Å². The van der Waals surface area contributed by atoms with Crippen molar-refractivity contribution in [3.63, 3.8) is 0 Å². The van der Waals surface area contributed by atoms with E-state index in [2.05, 4.69) is 10.7 Å². The van der Waals surface area contributed by atoms with Crippen molar-refractivity contribution in [2.24, 2.45) is 5.84 Å². The lowest BCUT2D eigenvalue weighted by molar-refractivity contribution is 0.102. The third-order valence-electron chi connectivity index (χ3n) is 3.00. The Hall–Kier alpha value is -2.55. The zero-order valence-corrected chi connectivity index (χ0v) is 12.0. The Labute approximate surface area is 127 Å². The van der Waals surface area contributed by atoms with Crippen LogP contribution in [0.5, 0.6) is 0 Å². The molecule has 0 aliphatic heterocycles. The molecule has 5 nitrogen and oxygen atoms in total. The number of carbonyl (C=O) groups excluding carboxylic acids is 1. The Balaban J connectivity index is 2.35. The van der Waals surface area contributed by atoms with Gasteiger partial charge in [0.15, 0.2) is 0 Å². The number of halogens is 1. The molecule has 0 aliphatic rings. The van der Waals surface area contributed by atoms with Gasteiger partial charge in [0, 0.05) is 10.7 Å². The molecular formula is C15H13ClN4O. The molecule has 0 saturated heterocycles. The summed E-state index contributed by atoms with van der Waals surface area (Å²) in [5.41, 5.74) is 5.14. The molecule has 0 aliphatic carbocycles. The van der Waals surface area contributed by atoms with Gasteiger partial charge in [-0.1, -0.05) is 17.7 Å². The molecule has 0 heterocycles. The Morgan fingerprint density at radius 2 is 2.00 bits per heavy atom. The van der Waals surface area contributed by atoms with Crippen molar-refractivity contribution < 1.29 is 4.79 Å². The zero-order chi connectivity index (χ0) is 15.4. The SMILES string of the molecule is Cc1ccc(C#N)cc1NC(=O)c1cc(Cl)ccc1NN. The summed E-state index contributed by atoms with van der Waals surface area (Å²) in [5, 5.41) is 12.1. The molecule has 0 aromatic heterocycles. The smallest absolute Gasteiger partial charge is 0.257 e. The monoisotopic (exact) mass is 300 g/mol. The highest BCUT2D eigenvalue weighted by Crippen LogP contribution is 2.23. The van der Waals surface area contributed by atoms with Gasteiger partial charge < -0.3 is 10.7 Å². The molecule has 0 spiro atoms. The molecule has 0 atom stereocenters. The van der Waals surface area contributed by atoms with Crippen molar-refractivity contribution in [1.29, 1.82) is 5.26 Å². The van der Waals surface area contributed by atoms with Crippen molar-refractivity contribution in [3.8, 4) is 6.07 Å². The first-order valence-corrected chi connectivity index (χ1v) is 6.51. The van der Waals surface area contributed by atoms with Crippen molar-refractivity contribution in [1.82, 2.24) is 0 Å². The third-order valence-corrected chi connectivity index (χ3v) is 3.23. The number of aryl methyl sites for hydroxylation is 1. The van der Waals surface area contributed by atoms with Gasteiger partial charge in [-0.05, 0) is 42.8 Å². The number of rotatable bonds is 3. The lowest BCUT2D eigenvalue weighted by Gasteiger charge is -2.12. The van der Waals surface area contributed by atoms with Crippen molar-refractivity contribution in [2.75, 3.05) is 10.7 Å². The van der Waals surface area contributed by atoms with Gasteiger partial charge in [-0.2, -0.15) is 5.26 Å². The van der Waals surface area contributed by atoms with Crippen LogP contribution >= 0.6 is 11.6 Å². The molecule has 2 aromatic carbocycles. The standard InChI is InChI=1S/C15H13ClN4O/c1-9-2-3-10(8-17)6-14(9)19-15(21)12-7-11(16)4-5-13(12)20-18/h2-7,20H,18H2,1H3,(H,19,21). The highest BCUT2D eigenvalue weighted by Gasteiger charge is 2.13. The summed E-state index contributed by atoms with van der Waals surface area (Å²) in [5.74, 6) is 5.03. The zero-order valence-electron chi connectivity index (χ0n) is 11.3. The van der Waals surface area contributed by atoms with E-state index in [1.54, 1.807) is 30.3 Å². The van der Waals surface area contributed by atoms with Gasteiger partial charge in [0.05, 0.1) is 22.9 Å². The number of nitrogens with one attached hydrogen (secondary N) is 2. The van der Waals surface area contributed by atoms with Crippen LogP contribution in [0.15, 0.2) is 36.4 Å². The molecule has 2 aromatic rings. The summed E-state index contributed by atoms with van der Waals surface area (Å²) in [6.07, 6.45) is 0. The highest BCUT2D eigenvalue weighted by atomic mass is 35.5. The fourth-order valence-corrected chi connectivity index (χ4v) is 2.02. The largest absolute Gasteiger partial charge is 0.323 e. The van der Waals surface area contributed by atoms with E-state index in [0.29, 0.717) is 27.5 Å². The fourth-order valence-electron chi connectivity index (χ4n) is 1.85. The highest BCUT2D eigenvalue weighted by molar-refractivity contribution is 6.31. The van der Waals surface area contributed by atoms with E-state index in [-0.39, 0.29) is 5.91 Å². The second-order valence-electron chi connectivity index (χ2n) is 4.43. The molecule has 0 radical (unpaired) electrons. The number of anilines is 2. The molecule has 1 amide bonds. The van der Waals surface area contributed by atoms with Gasteiger partial charge in [0.2, 0.25) is 0 Å². The average Bonchev–Trinajstić information content (AvgIpc) is 2.49. The predicted molar refractivity (Wildman–Crippen MR) is 83.1 cm³/mol. The minimum atomic E-state index is -0.358. The van der Waals surface area contributed by atoms with Crippen LogP contribution in [-0.4, -0.2) is 5.91 Å². The van der Waals surface area contributed by atoms with E-state index in [9.17, 15) is 4.79 Å². The quantitative estimate of drug-likeness (QED) is 0.600. The first-order valence-electron chi connectivity index (χ1n) is 6.13. The minimum Gasteiger partial charge on any atom is -0.323 e. The number of benzene rings is 2. The molecule has 0 fully saturated rings. The van der Waals surface area contributed by atoms with Crippen LogP contribution in [0.1, 0.15) is 21.5 Å². The second-order valence-corrected chi connectivity index (χ2v) is 4.87. The molecular weight excluding hydrogens is 288 g/mol. The maximum Gasteiger partial charge on any atom is 0.257 e. The van der Waals surface area contributed by atoms with E-state index >= 15 is 0 Å². The number of amides is 1. The van der Waals surface area contributed by atoms with Gasteiger partial charge in [-0.3, -0.25) is 10.6 Å². The van der Waals surface area contributed by atoms with Crippen LogP contribution in [0.3, 0.4) is 0 Å². The normalized spacial score (nSPS) is 9.81. The molecule has 0 unspecified atom stereocenters. The molecule has 21 heavy (non-hydrogen) atoms. The number of nitriles is 1. The summed E-state index contributed by atoms with van der Waals surface area (Å²) in [7, 11) is 0. The summed E-state index contributed by atoms with van der Waals surface area (Å²) < 4.78 is 0. The molecule has 4 N–H and O–H groups in total. The number of hydrogen-bond acceptors (Lipinski definition) is 4. The predicted octanol–water partition coefficient (Wildman–Crippen LogP) is 3.06. The Morgan fingerprint density at radius 1 is 1.24 bits per heavy atom. The molecule has 106 valence electrons. The van der Waals surface area contributed by atoms with Crippen LogP contribution in [-0.2, 0) is 0 Å². The Kier molecular flexibility index (Phi) is 4.43. The summed E-state index contributed by atoms with van der Waals surface area (Å²) >= 11 is 5.91. The van der Waals surface area contributed by atoms with Crippen LogP contribution in [0.25, 0.3) is 0 Å². The van der Waals surface area contributed by atoms with Gasteiger partial charge in [-0.25, -0.2) is 0 Å². The topological polar surface area (TPSA) is 90.9 Å². The number of hydrogen-bond donors (Lipinski definition) is 3. The van der Waals surface area contributed by atoms with Crippen LogP contribution in [0.4, 0.5) is 11.4 Å². The number of hydrazine groups is 1. The molecule has 0 saturated carbocycles. The van der Waals surface area contributed by atoms with Gasteiger partial charge >= 0.3 is 0 Å². The van der Waals surface area contributed by atoms with Crippen LogP contribution in [0, 0.1) is 18.3 Å². The van der Waals surface area contributed by atoms with Crippen molar-refractivity contribution >= 4 is 28.9 Å². The first-order chi connectivity index (χ1) is 10.0. The lowest BCUT2D eigenvalue weighted by atomic mass is 10.1. The van der Waals surface area contributed by atoms with Crippen LogP contribution < -0.4 is 16.6 Å². The van der Waals surface area contributed by atoms with Crippen molar-refractivity contribution in [2.45, 2.75) is 6.92 Å². The maximum absolute atomic E-state index is 12.3. The number of nitrogens with zero attached hydrogens (tertiary/aromatic N) is 1. The van der Waals surface area contributed by atoms with E-state index in [1.165, 1.54) is 6.07 Å².